The molecule has 0 saturated heterocycles. The Bertz CT molecular complexity index is 545. The van der Waals surface area contributed by atoms with Crippen LogP contribution in [0.15, 0.2) is 12.5 Å². The molecule has 0 amide bonds. The number of aryl methyl sites for hydroxylation is 2. The first kappa shape index (κ1) is 10.6. The summed E-state index contributed by atoms with van der Waals surface area (Å²) in [6.45, 7) is 2.00. The van der Waals surface area contributed by atoms with Crippen LogP contribution < -0.4 is 0 Å². The molecule has 0 bridgehead atoms. The van der Waals surface area contributed by atoms with Gasteiger partial charge in [-0.05, 0) is 12.0 Å². The van der Waals surface area contributed by atoms with E-state index in [-0.39, 0.29) is 6.42 Å². The molecule has 0 unspecified atom stereocenters. The van der Waals surface area contributed by atoms with Gasteiger partial charge in [0.1, 0.15) is 12.0 Å². The molecule has 16 heavy (non-hydrogen) atoms. The maximum absolute atomic E-state index is 10.8. The fourth-order valence-corrected chi connectivity index (χ4v) is 1.93. The average Bonchev–Trinajstić information content (AvgIpc) is 2.55. The predicted octanol–water partition coefficient (Wildman–Crippen LogP) is 1.16. The molecule has 2 rings (SSSR count). The minimum atomic E-state index is -0.835. The van der Waals surface area contributed by atoms with Crippen LogP contribution in [0.3, 0.4) is 0 Å². The predicted molar refractivity (Wildman–Crippen MR) is 59.2 cm³/mol. The minimum Gasteiger partial charge on any atom is -0.481 e. The Hall–Kier alpha value is -1.91. The first-order valence-electron chi connectivity index (χ1n) is 5.13. The molecule has 0 fully saturated rings. The van der Waals surface area contributed by atoms with E-state index in [4.69, 9.17) is 5.11 Å². The van der Waals surface area contributed by atoms with Gasteiger partial charge in [0.25, 0.3) is 0 Å². The van der Waals surface area contributed by atoms with Gasteiger partial charge in [-0.25, -0.2) is 9.97 Å². The summed E-state index contributed by atoms with van der Waals surface area (Å²) in [4.78, 5) is 19.1. The van der Waals surface area contributed by atoms with Gasteiger partial charge < -0.3 is 9.67 Å². The number of hydrogen-bond acceptors (Lipinski definition) is 3. The highest BCUT2D eigenvalue weighted by Gasteiger charge is 2.14. The van der Waals surface area contributed by atoms with E-state index in [1.165, 1.54) is 6.33 Å². The van der Waals surface area contributed by atoms with E-state index in [2.05, 4.69) is 9.97 Å². The van der Waals surface area contributed by atoms with Crippen LogP contribution >= 0.6 is 0 Å². The fraction of sp³-hybridized carbons (Fsp3) is 0.364. The number of carboxylic acid groups (broad SMARTS) is 1. The third-order valence-corrected chi connectivity index (χ3v) is 2.59. The van der Waals surface area contributed by atoms with E-state index in [1.54, 1.807) is 0 Å². The van der Waals surface area contributed by atoms with E-state index < -0.39 is 5.97 Å². The molecule has 5 nitrogen and oxygen atoms in total. The summed E-state index contributed by atoms with van der Waals surface area (Å²) in [5.41, 5.74) is 2.48. The molecule has 2 heterocycles. The zero-order chi connectivity index (χ0) is 11.7. The van der Waals surface area contributed by atoms with Crippen LogP contribution in [0.1, 0.15) is 18.2 Å². The highest BCUT2D eigenvalue weighted by atomic mass is 16.4. The Balaban J connectivity index is 2.69. The molecule has 2 aromatic heterocycles. The third kappa shape index (κ3) is 1.64. The van der Waals surface area contributed by atoms with Crippen molar-refractivity contribution in [2.75, 3.05) is 0 Å². The van der Waals surface area contributed by atoms with Crippen LogP contribution in [-0.4, -0.2) is 25.6 Å². The summed E-state index contributed by atoms with van der Waals surface area (Å²) < 4.78 is 1.84. The molecule has 0 aliphatic heterocycles. The lowest BCUT2D eigenvalue weighted by atomic mass is 10.1. The average molecular weight is 219 g/mol. The van der Waals surface area contributed by atoms with Gasteiger partial charge in [-0.1, -0.05) is 6.92 Å². The maximum atomic E-state index is 10.8. The van der Waals surface area contributed by atoms with Gasteiger partial charge in [-0.15, -0.1) is 0 Å². The van der Waals surface area contributed by atoms with Crippen LogP contribution in [0.5, 0.6) is 0 Å². The van der Waals surface area contributed by atoms with Gasteiger partial charge >= 0.3 is 5.97 Å². The Morgan fingerprint density at radius 3 is 2.88 bits per heavy atom. The van der Waals surface area contributed by atoms with E-state index in [0.717, 1.165) is 28.7 Å². The molecule has 5 heteroatoms. The van der Waals surface area contributed by atoms with Gasteiger partial charge in [0.05, 0.1) is 12.1 Å². The van der Waals surface area contributed by atoms with Gasteiger partial charge in [0.15, 0.2) is 0 Å². The lowest BCUT2D eigenvalue weighted by Gasteiger charge is -2.00. The highest BCUT2D eigenvalue weighted by molar-refractivity contribution is 5.86. The van der Waals surface area contributed by atoms with Crippen molar-refractivity contribution in [2.45, 2.75) is 19.8 Å². The number of fused-ring (bicyclic) bond motifs is 1. The maximum Gasteiger partial charge on any atom is 0.307 e. The van der Waals surface area contributed by atoms with Crippen molar-refractivity contribution >= 4 is 17.0 Å². The normalized spacial score (nSPS) is 10.9. The second kappa shape index (κ2) is 3.92. The Labute approximate surface area is 92.8 Å². The summed E-state index contributed by atoms with van der Waals surface area (Å²) in [5.74, 6) is -0.835. The summed E-state index contributed by atoms with van der Waals surface area (Å²) in [6, 6.07) is 0. The Kier molecular flexibility index (Phi) is 2.60. The zero-order valence-corrected chi connectivity index (χ0v) is 9.27. The summed E-state index contributed by atoms with van der Waals surface area (Å²) in [5, 5.41) is 9.73. The van der Waals surface area contributed by atoms with Crippen LogP contribution in [0.4, 0.5) is 0 Å². The monoisotopic (exact) mass is 219 g/mol. The molecule has 0 radical (unpaired) electrons. The van der Waals surface area contributed by atoms with Crippen molar-refractivity contribution in [3.63, 3.8) is 0 Å². The molecular formula is C11H13N3O2. The number of carbonyl (C=O) groups is 1. The molecular weight excluding hydrogens is 206 g/mol. The van der Waals surface area contributed by atoms with Crippen molar-refractivity contribution in [3.05, 3.63) is 23.8 Å². The lowest BCUT2D eigenvalue weighted by molar-refractivity contribution is -0.136. The van der Waals surface area contributed by atoms with Crippen molar-refractivity contribution in [1.29, 1.82) is 0 Å². The van der Waals surface area contributed by atoms with Gasteiger partial charge in [0.2, 0.25) is 0 Å². The molecule has 0 aromatic carbocycles. The number of nitrogens with zero attached hydrogens (tertiary/aromatic N) is 3. The number of aromatic nitrogens is 3. The lowest BCUT2D eigenvalue weighted by Crippen LogP contribution is -2.00. The fourth-order valence-electron chi connectivity index (χ4n) is 1.93. The number of rotatable bonds is 3. The van der Waals surface area contributed by atoms with Crippen molar-refractivity contribution in [3.8, 4) is 0 Å². The summed E-state index contributed by atoms with van der Waals surface area (Å²) in [6.07, 6.45) is 4.12. The first-order valence-corrected chi connectivity index (χ1v) is 5.13. The molecule has 0 aliphatic carbocycles. The second-order valence-electron chi connectivity index (χ2n) is 3.71. The summed E-state index contributed by atoms with van der Waals surface area (Å²) in [7, 11) is 1.86. The van der Waals surface area contributed by atoms with Crippen LogP contribution in [0, 0.1) is 0 Å². The van der Waals surface area contributed by atoms with E-state index in [1.807, 2.05) is 24.7 Å². The Morgan fingerprint density at radius 1 is 1.50 bits per heavy atom. The first-order chi connectivity index (χ1) is 7.63. The van der Waals surface area contributed by atoms with Gasteiger partial charge in [-0.2, -0.15) is 0 Å². The van der Waals surface area contributed by atoms with Crippen LogP contribution in [0.2, 0.25) is 0 Å². The quantitative estimate of drug-likeness (QED) is 0.841. The minimum absolute atomic E-state index is 0.0116. The molecule has 0 atom stereocenters. The standard InChI is InChI=1S/C11H13N3O2/c1-3-8-10-7(4-9(15)16)5-14(2)11(10)13-6-12-8/h5-6H,3-4H2,1-2H3,(H,15,16). The summed E-state index contributed by atoms with van der Waals surface area (Å²) >= 11 is 0. The van der Waals surface area contributed by atoms with Crippen molar-refractivity contribution in [2.24, 2.45) is 7.05 Å². The number of hydrogen-bond donors (Lipinski definition) is 1. The SMILES string of the molecule is CCc1ncnc2c1c(CC(=O)O)cn2C. The molecule has 0 aliphatic rings. The largest absolute Gasteiger partial charge is 0.481 e. The van der Waals surface area contributed by atoms with E-state index in [0.29, 0.717) is 0 Å². The molecule has 0 saturated carbocycles. The van der Waals surface area contributed by atoms with Crippen molar-refractivity contribution in [1.82, 2.24) is 14.5 Å². The van der Waals surface area contributed by atoms with E-state index >= 15 is 0 Å². The molecule has 1 N–H and O–H groups in total. The molecule has 2 aromatic rings. The van der Waals surface area contributed by atoms with Gasteiger partial charge in [0, 0.05) is 18.6 Å². The van der Waals surface area contributed by atoms with E-state index in [9.17, 15) is 4.79 Å². The van der Waals surface area contributed by atoms with Crippen molar-refractivity contribution < 1.29 is 9.90 Å². The second-order valence-corrected chi connectivity index (χ2v) is 3.71. The highest BCUT2D eigenvalue weighted by Crippen LogP contribution is 2.22. The zero-order valence-electron chi connectivity index (χ0n) is 9.27. The number of carboxylic acids is 1. The number of aliphatic carboxylic acids is 1. The van der Waals surface area contributed by atoms with Crippen LogP contribution in [0.25, 0.3) is 11.0 Å². The van der Waals surface area contributed by atoms with Gasteiger partial charge in [-0.3, -0.25) is 4.79 Å². The molecule has 84 valence electrons. The smallest absolute Gasteiger partial charge is 0.307 e. The Morgan fingerprint density at radius 2 is 2.25 bits per heavy atom. The molecule has 0 spiro atoms. The topological polar surface area (TPSA) is 68.0 Å². The third-order valence-electron chi connectivity index (χ3n) is 2.59. The van der Waals surface area contributed by atoms with Crippen LogP contribution in [-0.2, 0) is 24.7 Å².